The number of halogens is 1. The lowest BCUT2D eigenvalue weighted by molar-refractivity contribution is -0.144. The topological polar surface area (TPSA) is 63.3 Å². The van der Waals surface area contributed by atoms with Crippen LogP contribution in [0.3, 0.4) is 0 Å². The van der Waals surface area contributed by atoms with E-state index in [-0.39, 0.29) is 17.0 Å². The molecule has 1 aliphatic carbocycles. The van der Waals surface area contributed by atoms with Crippen molar-refractivity contribution in [2.75, 3.05) is 5.73 Å². The molecule has 2 atom stereocenters. The summed E-state index contributed by atoms with van der Waals surface area (Å²) in [5, 5.41) is 8.85. The second kappa shape index (κ2) is 4.33. The standard InChI is InChI=1S/C11H12FNO2S/c12-8-5-6(13)1-3-10(8)16-9-4-2-7(9)11(14)15/h1,3,5,7,9H,2,4,13H2,(H,14,15). The van der Waals surface area contributed by atoms with Crippen LogP contribution in [0.1, 0.15) is 12.8 Å². The summed E-state index contributed by atoms with van der Waals surface area (Å²) in [7, 11) is 0. The largest absolute Gasteiger partial charge is 0.481 e. The number of benzene rings is 1. The molecule has 1 fully saturated rings. The minimum atomic E-state index is -0.792. The zero-order valence-corrected chi connectivity index (χ0v) is 9.34. The summed E-state index contributed by atoms with van der Waals surface area (Å²) in [4.78, 5) is 11.3. The van der Waals surface area contributed by atoms with Crippen molar-refractivity contribution in [3.63, 3.8) is 0 Å². The van der Waals surface area contributed by atoms with Gasteiger partial charge in [-0.05, 0) is 31.0 Å². The van der Waals surface area contributed by atoms with Gasteiger partial charge in [0.1, 0.15) is 5.82 Å². The molecule has 1 aromatic rings. The monoisotopic (exact) mass is 241 g/mol. The molecule has 0 saturated heterocycles. The number of nitrogens with two attached hydrogens (primary N) is 1. The maximum absolute atomic E-state index is 13.5. The third-order valence-corrected chi connectivity index (χ3v) is 4.21. The Balaban J connectivity index is 2.07. The van der Waals surface area contributed by atoms with E-state index in [4.69, 9.17) is 10.8 Å². The highest BCUT2D eigenvalue weighted by molar-refractivity contribution is 8.00. The van der Waals surface area contributed by atoms with Gasteiger partial charge in [0, 0.05) is 15.8 Å². The van der Waals surface area contributed by atoms with E-state index in [0.717, 1.165) is 6.42 Å². The van der Waals surface area contributed by atoms with Gasteiger partial charge >= 0.3 is 5.97 Å². The first-order chi connectivity index (χ1) is 7.58. The molecular weight excluding hydrogens is 229 g/mol. The van der Waals surface area contributed by atoms with E-state index in [0.29, 0.717) is 17.0 Å². The number of hydrogen-bond acceptors (Lipinski definition) is 3. The van der Waals surface area contributed by atoms with E-state index in [1.54, 1.807) is 12.1 Å². The number of rotatable bonds is 3. The van der Waals surface area contributed by atoms with E-state index in [1.165, 1.54) is 17.8 Å². The molecule has 0 spiro atoms. The number of hydrogen-bond donors (Lipinski definition) is 2. The fraction of sp³-hybridized carbons (Fsp3) is 0.364. The fourth-order valence-electron chi connectivity index (χ4n) is 1.67. The highest BCUT2D eigenvalue weighted by Gasteiger charge is 2.37. The van der Waals surface area contributed by atoms with Crippen LogP contribution >= 0.6 is 11.8 Å². The molecule has 1 aromatic carbocycles. The van der Waals surface area contributed by atoms with Gasteiger partial charge in [-0.25, -0.2) is 4.39 Å². The maximum atomic E-state index is 13.5. The Bertz CT molecular complexity index is 424. The normalized spacial score (nSPS) is 23.8. The predicted molar refractivity (Wildman–Crippen MR) is 60.8 cm³/mol. The molecule has 3 nitrogen and oxygen atoms in total. The molecule has 86 valence electrons. The molecule has 0 aromatic heterocycles. The minimum absolute atomic E-state index is 0.0179. The molecule has 16 heavy (non-hydrogen) atoms. The number of nitrogen functional groups attached to an aromatic ring is 1. The van der Waals surface area contributed by atoms with Gasteiger partial charge in [0.15, 0.2) is 0 Å². The summed E-state index contributed by atoms with van der Waals surface area (Å²) in [6.07, 6.45) is 1.51. The fourth-order valence-corrected chi connectivity index (χ4v) is 2.98. The third kappa shape index (κ3) is 2.14. The van der Waals surface area contributed by atoms with Crippen molar-refractivity contribution in [3.05, 3.63) is 24.0 Å². The number of carboxylic acids is 1. The molecule has 0 radical (unpaired) electrons. The third-order valence-electron chi connectivity index (χ3n) is 2.76. The first kappa shape index (κ1) is 11.3. The average Bonchev–Trinajstić information content (AvgIpc) is 2.13. The molecule has 0 aliphatic heterocycles. The van der Waals surface area contributed by atoms with Gasteiger partial charge < -0.3 is 10.8 Å². The molecular formula is C11H12FNO2S. The quantitative estimate of drug-likeness (QED) is 0.797. The Kier molecular flexibility index (Phi) is 3.05. The lowest BCUT2D eigenvalue weighted by Gasteiger charge is -2.32. The lowest BCUT2D eigenvalue weighted by atomic mass is 9.85. The van der Waals surface area contributed by atoms with Crippen molar-refractivity contribution in [2.24, 2.45) is 5.92 Å². The number of carbonyl (C=O) groups is 1. The Labute approximate surface area is 96.8 Å². The van der Waals surface area contributed by atoms with E-state index >= 15 is 0 Å². The summed E-state index contributed by atoms with van der Waals surface area (Å²) in [6, 6.07) is 4.49. The van der Waals surface area contributed by atoms with Gasteiger partial charge in [0.2, 0.25) is 0 Å². The first-order valence-electron chi connectivity index (χ1n) is 5.02. The molecule has 1 aliphatic rings. The van der Waals surface area contributed by atoms with E-state index in [2.05, 4.69) is 0 Å². The van der Waals surface area contributed by atoms with Crippen molar-refractivity contribution >= 4 is 23.4 Å². The summed E-state index contributed by atoms with van der Waals surface area (Å²) >= 11 is 1.29. The van der Waals surface area contributed by atoms with Crippen molar-refractivity contribution in [1.82, 2.24) is 0 Å². The Morgan fingerprint density at radius 3 is 2.75 bits per heavy atom. The van der Waals surface area contributed by atoms with Crippen LogP contribution in [-0.2, 0) is 4.79 Å². The molecule has 3 N–H and O–H groups in total. The highest BCUT2D eigenvalue weighted by Crippen LogP contribution is 2.42. The van der Waals surface area contributed by atoms with Crippen LogP contribution in [0.5, 0.6) is 0 Å². The first-order valence-corrected chi connectivity index (χ1v) is 5.90. The molecule has 0 heterocycles. The van der Waals surface area contributed by atoms with Gasteiger partial charge in [-0.1, -0.05) is 0 Å². The van der Waals surface area contributed by atoms with Crippen LogP contribution in [0.2, 0.25) is 0 Å². The van der Waals surface area contributed by atoms with Crippen molar-refractivity contribution in [3.8, 4) is 0 Å². The Morgan fingerprint density at radius 1 is 1.50 bits per heavy atom. The van der Waals surface area contributed by atoms with E-state index in [9.17, 15) is 9.18 Å². The van der Waals surface area contributed by atoms with Crippen LogP contribution in [0.15, 0.2) is 23.1 Å². The van der Waals surface area contributed by atoms with Gasteiger partial charge in [-0.3, -0.25) is 4.79 Å². The smallest absolute Gasteiger partial charge is 0.307 e. The second-order valence-electron chi connectivity index (χ2n) is 3.87. The Hall–Kier alpha value is -1.23. The average molecular weight is 241 g/mol. The molecule has 5 heteroatoms. The summed E-state index contributed by atoms with van der Waals surface area (Å²) < 4.78 is 13.5. The summed E-state index contributed by atoms with van der Waals surface area (Å²) in [6.45, 7) is 0. The van der Waals surface area contributed by atoms with Crippen molar-refractivity contribution < 1.29 is 14.3 Å². The minimum Gasteiger partial charge on any atom is -0.481 e. The molecule has 0 amide bonds. The van der Waals surface area contributed by atoms with Gasteiger partial charge in [0.25, 0.3) is 0 Å². The zero-order valence-electron chi connectivity index (χ0n) is 8.52. The molecule has 0 bridgehead atoms. The zero-order chi connectivity index (χ0) is 11.7. The maximum Gasteiger partial charge on any atom is 0.307 e. The van der Waals surface area contributed by atoms with Crippen LogP contribution in [0.25, 0.3) is 0 Å². The Morgan fingerprint density at radius 2 is 2.25 bits per heavy atom. The van der Waals surface area contributed by atoms with Gasteiger partial charge in [-0.15, -0.1) is 11.8 Å². The molecule has 1 saturated carbocycles. The number of aliphatic carboxylic acids is 1. The van der Waals surface area contributed by atoms with Crippen LogP contribution in [0, 0.1) is 11.7 Å². The summed E-state index contributed by atoms with van der Waals surface area (Å²) in [5.74, 6) is -1.51. The SMILES string of the molecule is Nc1ccc(SC2CCC2C(=O)O)c(F)c1. The number of thioether (sulfide) groups is 1. The van der Waals surface area contributed by atoms with E-state index < -0.39 is 5.97 Å². The number of anilines is 1. The van der Waals surface area contributed by atoms with Gasteiger partial charge in [-0.2, -0.15) is 0 Å². The van der Waals surface area contributed by atoms with Crippen LogP contribution in [0.4, 0.5) is 10.1 Å². The molecule has 2 rings (SSSR count). The van der Waals surface area contributed by atoms with Crippen molar-refractivity contribution in [1.29, 1.82) is 0 Å². The predicted octanol–water partition coefficient (Wildman–Crippen LogP) is 2.36. The van der Waals surface area contributed by atoms with Gasteiger partial charge in [0.05, 0.1) is 5.92 Å². The van der Waals surface area contributed by atoms with E-state index in [1.807, 2.05) is 0 Å². The van der Waals surface area contributed by atoms with Crippen LogP contribution in [-0.4, -0.2) is 16.3 Å². The highest BCUT2D eigenvalue weighted by atomic mass is 32.2. The summed E-state index contributed by atoms with van der Waals surface area (Å²) in [5.41, 5.74) is 5.82. The van der Waals surface area contributed by atoms with Crippen LogP contribution < -0.4 is 5.73 Å². The number of carboxylic acid groups (broad SMARTS) is 1. The molecule has 2 unspecified atom stereocenters. The van der Waals surface area contributed by atoms with Crippen molar-refractivity contribution in [2.45, 2.75) is 23.0 Å². The lowest BCUT2D eigenvalue weighted by Crippen LogP contribution is -2.35. The second-order valence-corrected chi connectivity index (χ2v) is 5.15.